The van der Waals surface area contributed by atoms with E-state index in [1.54, 1.807) is 19.3 Å². The Bertz CT molecular complexity index is 1030. The molecule has 4 rings (SSSR count). The number of halogens is 2. The molecule has 5 nitrogen and oxygen atoms in total. The van der Waals surface area contributed by atoms with Gasteiger partial charge in [0.2, 0.25) is 0 Å². The van der Waals surface area contributed by atoms with Crippen molar-refractivity contribution in [1.29, 1.82) is 0 Å². The third-order valence-electron chi connectivity index (χ3n) is 4.79. The van der Waals surface area contributed by atoms with Crippen molar-refractivity contribution in [2.24, 2.45) is 0 Å². The van der Waals surface area contributed by atoms with E-state index in [0.29, 0.717) is 27.8 Å². The molecule has 1 aliphatic rings. The molecule has 2 heterocycles. The average Bonchev–Trinajstić information content (AvgIpc) is 3.39. The normalized spacial score (nSPS) is 13.9. The summed E-state index contributed by atoms with van der Waals surface area (Å²) in [6, 6.07) is 5.86. The zero-order valence-electron chi connectivity index (χ0n) is 14.7. The second kappa shape index (κ2) is 6.94. The predicted octanol–water partition coefficient (Wildman–Crippen LogP) is 4.23. The van der Waals surface area contributed by atoms with Crippen LogP contribution < -0.4 is 0 Å². The number of furan rings is 1. The number of fused-ring (bicyclic) bond motifs is 1. The fourth-order valence-electron chi connectivity index (χ4n) is 3.09. The number of aliphatic hydroxyl groups is 1. The quantitative estimate of drug-likeness (QED) is 0.710. The number of benzene rings is 1. The van der Waals surface area contributed by atoms with E-state index in [0.717, 1.165) is 18.4 Å². The highest BCUT2D eigenvalue weighted by Gasteiger charge is 2.28. The number of aliphatic hydroxyl groups excluding tert-OH is 1. The summed E-state index contributed by atoms with van der Waals surface area (Å²) >= 11 is 6.45. The van der Waals surface area contributed by atoms with Gasteiger partial charge in [-0.2, -0.15) is 0 Å². The van der Waals surface area contributed by atoms with E-state index in [-0.39, 0.29) is 30.2 Å². The third-order valence-corrected chi connectivity index (χ3v) is 5.18. The molecule has 0 bridgehead atoms. The van der Waals surface area contributed by atoms with Gasteiger partial charge in [0.15, 0.2) is 5.58 Å². The number of carbonyl (C=O) groups excluding carboxylic acids is 1. The molecule has 7 heteroatoms. The monoisotopic (exact) mass is 388 g/mol. The lowest BCUT2D eigenvalue weighted by molar-refractivity contribution is 0.0766. The molecule has 27 heavy (non-hydrogen) atoms. The van der Waals surface area contributed by atoms with E-state index in [1.807, 2.05) is 0 Å². The van der Waals surface area contributed by atoms with Gasteiger partial charge in [-0.15, -0.1) is 0 Å². The van der Waals surface area contributed by atoms with Crippen LogP contribution in [0.15, 0.2) is 34.9 Å². The molecule has 2 aromatic heterocycles. The maximum Gasteiger partial charge on any atom is 0.253 e. The van der Waals surface area contributed by atoms with Gasteiger partial charge in [0.05, 0.1) is 17.2 Å². The molecule has 0 aliphatic heterocycles. The molecule has 0 atom stereocenters. The fourth-order valence-corrected chi connectivity index (χ4v) is 3.43. The third kappa shape index (κ3) is 3.31. The first-order valence-electron chi connectivity index (χ1n) is 8.73. The first-order valence-corrected chi connectivity index (χ1v) is 9.11. The van der Waals surface area contributed by atoms with E-state index in [4.69, 9.17) is 21.1 Å². The number of hydrogen-bond acceptors (Lipinski definition) is 4. The molecule has 0 saturated heterocycles. The molecule has 0 unspecified atom stereocenters. The van der Waals surface area contributed by atoms with E-state index in [1.165, 1.54) is 23.1 Å². The summed E-state index contributed by atoms with van der Waals surface area (Å²) in [5.41, 5.74) is 2.44. The van der Waals surface area contributed by atoms with Gasteiger partial charge in [-0.05, 0) is 42.5 Å². The summed E-state index contributed by atoms with van der Waals surface area (Å²) < 4.78 is 20.5. The van der Waals surface area contributed by atoms with Gasteiger partial charge in [-0.25, -0.2) is 4.39 Å². The minimum Gasteiger partial charge on any atom is -0.453 e. The Balaban J connectivity index is 1.69. The van der Waals surface area contributed by atoms with Gasteiger partial charge in [0, 0.05) is 31.4 Å². The average molecular weight is 389 g/mol. The number of nitrogens with zero attached hydrogens (tertiary/aromatic N) is 2. The van der Waals surface area contributed by atoms with Crippen LogP contribution >= 0.6 is 11.6 Å². The lowest BCUT2D eigenvalue weighted by Crippen LogP contribution is -2.29. The largest absolute Gasteiger partial charge is 0.453 e. The maximum absolute atomic E-state index is 14.7. The van der Waals surface area contributed by atoms with Crippen LogP contribution in [0.2, 0.25) is 5.02 Å². The summed E-state index contributed by atoms with van der Waals surface area (Å²) in [7, 11) is 1.55. The number of carbonyl (C=O) groups is 1. The Morgan fingerprint density at radius 2 is 2.19 bits per heavy atom. The van der Waals surface area contributed by atoms with Gasteiger partial charge in [0.25, 0.3) is 5.91 Å². The SMILES string of the molecule is CN(CCO)C(=O)c1ccc(-c2cc3ncc(C4CC4)c(Cl)c3o2)c(F)c1. The number of pyridine rings is 1. The van der Waals surface area contributed by atoms with Crippen molar-refractivity contribution in [3.63, 3.8) is 0 Å². The van der Waals surface area contributed by atoms with Crippen LogP contribution in [0.5, 0.6) is 0 Å². The molecule has 1 aromatic carbocycles. The second-order valence-electron chi connectivity index (χ2n) is 6.77. The molecule has 140 valence electrons. The summed E-state index contributed by atoms with van der Waals surface area (Å²) in [5.74, 6) is -0.192. The smallest absolute Gasteiger partial charge is 0.253 e. The zero-order valence-corrected chi connectivity index (χ0v) is 15.5. The Hall–Kier alpha value is -2.44. The van der Waals surface area contributed by atoms with Gasteiger partial charge in [-0.1, -0.05) is 11.6 Å². The molecule has 1 fully saturated rings. The van der Waals surface area contributed by atoms with Crippen molar-refractivity contribution in [1.82, 2.24) is 9.88 Å². The van der Waals surface area contributed by atoms with E-state index >= 15 is 0 Å². The molecule has 3 aromatic rings. The van der Waals surface area contributed by atoms with Crippen LogP contribution in [-0.4, -0.2) is 41.1 Å². The second-order valence-corrected chi connectivity index (χ2v) is 7.15. The number of aromatic nitrogens is 1. The van der Waals surface area contributed by atoms with Crippen molar-refractivity contribution < 1.29 is 18.7 Å². The zero-order chi connectivity index (χ0) is 19.1. The summed E-state index contributed by atoms with van der Waals surface area (Å²) in [6.45, 7) is 0.0255. The lowest BCUT2D eigenvalue weighted by Gasteiger charge is -2.15. The molecule has 1 saturated carbocycles. The molecule has 1 aliphatic carbocycles. The highest BCUT2D eigenvalue weighted by atomic mass is 35.5. The predicted molar refractivity (Wildman–Crippen MR) is 100 cm³/mol. The van der Waals surface area contributed by atoms with Crippen LogP contribution in [0.3, 0.4) is 0 Å². The maximum atomic E-state index is 14.7. The van der Waals surface area contributed by atoms with Crippen molar-refractivity contribution in [2.45, 2.75) is 18.8 Å². The topological polar surface area (TPSA) is 66.6 Å². The molecular formula is C20H18ClFN2O3. The van der Waals surface area contributed by atoms with Gasteiger partial charge >= 0.3 is 0 Å². The number of amides is 1. The Morgan fingerprint density at radius 3 is 2.85 bits per heavy atom. The van der Waals surface area contributed by atoms with Gasteiger partial charge < -0.3 is 14.4 Å². The summed E-state index contributed by atoms with van der Waals surface area (Å²) in [4.78, 5) is 17.9. The van der Waals surface area contributed by atoms with Gasteiger partial charge in [0.1, 0.15) is 17.1 Å². The first-order chi connectivity index (χ1) is 13.0. The van der Waals surface area contributed by atoms with Crippen LogP contribution in [-0.2, 0) is 0 Å². The Kier molecular flexibility index (Phi) is 4.61. The molecular weight excluding hydrogens is 371 g/mol. The summed E-state index contributed by atoms with van der Waals surface area (Å²) in [6.07, 6.45) is 3.95. The molecule has 1 N–H and O–H groups in total. The highest BCUT2D eigenvalue weighted by molar-refractivity contribution is 6.35. The van der Waals surface area contributed by atoms with E-state index < -0.39 is 5.82 Å². The lowest BCUT2D eigenvalue weighted by atomic mass is 10.1. The Morgan fingerprint density at radius 1 is 1.41 bits per heavy atom. The number of hydrogen-bond donors (Lipinski definition) is 1. The van der Waals surface area contributed by atoms with Gasteiger partial charge in [-0.3, -0.25) is 9.78 Å². The van der Waals surface area contributed by atoms with Crippen molar-refractivity contribution in [3.8, 4) is 11.3 Å². The van der Waals surface area contributed by atoms with Crippen LogP contribution in [0, 0.1) is 5.82 Å². The number of likely N-dealkylation sites (N-methyl/N-ethyl adjacent to an activating group) is 1. The summed E-state index contributed by atoms with van der Waals surface area (Å²) in [5, 5.41) is 9.47. The standard InChI is InChI=1S/C20H18ClFN2O3/c1-24(6-7-25)20(26)12-4-5-13(15(22)8-12)17-9-16-19(27-17)18(21)14(10-23-16)11-2-3-11/h4-5,8-11,25H,2-3,6-7H2,1H3. The highest BCUT2D eigenvalue weighted by Crippen LogP contribution is 2.45. The van der Waals surface area contributed by atoms with Crippen molar-refractivity contribution >= 4 is 28.6 Å². The van der Waals surface area contributed by atoms with Crippen LogP contribution in [0.4, 0.5) is 4.39 Å². The molecule has 0 radical (unpaired) electrons. The molecule has 0 spiro atoms. The van der Waals surface area contributed by atoms with E-state index in [2.05, 4.69) is 4.98 Å². The Labute approximate surface area is 160 Å². The minimum atomic E-state index is -0.573. The van der Waals surface area contributed by atoms with Crippen molar-refractivity contribution in [2.75, 3.05) is 20.2 Å². The van der Waals surface area contributed by atoms with Crippen molar-refractivity contribution in [3.05, 3.63) is 52.4 Å². The molecule has 1 amide bonds. The number of rotatable bonds is 5. The fraction of sp³-hybridized carbons (Fsp3) is 0.300. The minimum absolute atomic E-state index is 0.154. The van der Waals surface area contributed by atoms with E-state index in [9.17, 15) is 9.18 Å². The van der Waals surface area contributed by atoms with Crippen LogP contribution in [0.25, 0.3) is 22.4 Å². The van der Waals surface area contributed by atoms with Crippen LogP contribution in [0.1, 0.15) is 34.7 Å². The first kappa shape index (κ1) is 17.9.